The number of alkyl halides is 3. The first-order valence-corrected chi connectivity index (χ1v) is 5.88. The second kappa shape index (κ2) is 4.45. The lowest BCUT2D eigenvalue weighted by Gasteiger charge is -2.11. The SMILES string of the molecule is FC(F)(F)c1ccccc1-c1nnc2c(Cl)nccn12. The van der Waals surface area contributed by atoms with Crippen LogP contribution >= 0.6 is 11.6 Å². The highest BCUT2D eigenvalue weighted by Gasteiger charge is 2.34. The number of hydrogen-bond acceptors (Lipinski definition) is 3. The summed E-state index contributed by atoms with van der Waals surface area (Å²) in [5.41, 5.74) is -0.627. The zero-order valence-corrected chi connectivity index (χ0v) is 10.5. The molecule has 8 heteroatoms. The minimum Gasteiger partial charge on any atom is -0.278 e. The molecule has 0 radical (unpaired) electrons. The standard InChI is InChI=1S/C12H6ClF3N4/c13-9-11-19-18-10(20(11)6-5-17-9)7-3-1-2-4-8(7)12(14,15)16/h1-6H. The number of fused-ring (bicyclic) bond motifs is 1. The van der Waals surface area contributed by atoms with E-state index in [2.05, 4.69) is 15.2 Å². The van der Waals surface area contributed by atoms with Crippen LogP contribution in [0.2, 0.25) is 5.15 Å². The van der Waals surface area contributed by atoms with Crippen LogP contribution in [0.5, 0.6) is 0 Å². The van der Waals surface area contributed by atoms with Crippen LogP contribution in [-0.2, 0) is 6.18 Å². The van der Waals surface area contributed by atoms with Gasteiger partial charge in [0.25, 0.3) is 0 Å². The molecule has 102 valence electrons. The Morgan fingerprint density at radius 3 is 2.60 bits per heavy atom. The summed E-state index contributed by atoms with van der Waals surface area (Å²) in [5, 5.41) is 7.64. The fraction of sp³-hybridized carbons (Fsp3) is 0.0833. The Bertz CT molecular complexity index is 782. The number of halogens is 4. The van der Waals surface area contributed by atoms with Gasteiger partial charge < -0.3 is 0 Å². The molecule has 0 spiro atoms. The molecule has 0 amide bonds. The molecule has 4 nitrogen and oxygen atoms in total. The summed E-state index contributed by atoms with van der Waals surface area (Å²) in [4.78, 5) is 3.81. The molecule has 0 aliphatic carbocycles. The summed E-state index contributed by atoms with van der Waals surface area (Å²) in [7, 11) is 0. The molecular weight excluding hydrogens is 293 g/mol. The third-order valence-corrected chi connectivity index (χ3v) is 3.02. The van der Waals surface area contributed by atoms with Crippen molar-refractivity contribution in [2.75, 3.05) is 0 Å². The van der Waals surface area contributed by atoms with Gasteiger partial charge in [0.05, 0.1) is 5.56 Å². The van der Waals surface area contributed by atoms with Crippen LogP contribution in [0.15, 0.2) is 36.7 Å². The van der Waals surface area contributed by atoms with E-state index in [0.717, 1.165) is 6.07 Å². The van der Waals surface area contributed by atoms with E-state index in [1.165, 1.54) is 35.0 Å². The van der Waals surface area contributed by atoms with Gasteiger partial charge in [-0.25, -0.2) is 4.98 Å². The van der Waals surface area contributed by atoms with Crippen molar-refractivity contribution in [1.29, 1.82) is 0 Å². The Morgan fingerprint density at radius 2 is 1.85 bits per heavy atom. The lowest BCUT2D eigenvalue weighted by molar-refractivity contribution is -0.137. The quantitative estimate of drug-likeness (QED) is 0.691. The number of benzene rings is 1. The fourth-order valence-corrected chi connectivity index (χ4v) is 2.09. The highest BCUT2D eigenvalue weighted by molar-refractivity contribution is 6.32. The fourth-order valence-electron chi connectivity index (χ4n) is 1.91. The van der Waals surface area contributed by atoms with Crippen LogP contribution in [0, 0.1) is 0 Å². The minimum atomic E-state index is -4.47. The molecule has 1 aromatic carbocycles. The largest absolute Gasteiger partial charge is 0.417 e. The molecule has 0 saturated heterocycles. The Kier molecular flexibility index (Phi) is 2.86. The molecular formula is C12H6ClF3N4. The van der Waals surface area contributed by atoms with Crippen molar-refractivity contribution in [2.24, 2.45) is 0 Å². The Balaban J connectivity index is 2.30. The maximum Gasteiger partial charge on any atom is 0.417 e. The first-order chi connectivity index (χ1) is 9.48. The topological polar surface area (TPSA) is 43.1 Å². The van der Waals surface area contributed by atoms with Crippen LogP contribution in [0.3, 0.4) is 0 Å². The van der Waals surface area contributed by atoms with E-state index in [1.807, 2.05) is 0 Å². The summed E-state index contributed by atoms with van der Waals surface area (Å²) in [6.07, 6.45) is -1.64. The maximum absolute atomic E-state index is 13.0. The van der Waals surface area contributed by atoms with Gasteiger partial charge >= 0.3 is 6.18 Å². The first-order valence-electron chi connectivity index (χ1n) is 5.50. The Morgan fingerprint density at radius 1 is 1.10 bits per heavy atom. The lowest BCUT2D eigenvalue weighted by atomic mass is 10.1. The number of nitrogens with zero attached hydrogens (tertiary/aromatic N) is 4. The molecule has 0 saturated carbocycles. The highest BCUT2D eigenvalue weighted by atomic mass is 35.5. The zero-order chi connectivity index (χ0) is 14.3. The van der Waals surface area contributed by atoms with Crippen LogP contribution < -0.4 is 0 Å². The highest BCUT2D eigenvalue weighted by Crippen LogP contribution is 2.36. The summed E-state index contributed by atoms with van der Waals surface area (Å²) in [6, 6.07) is 5.17. The van der Waals surface area contributed by atoms with Gasteiger partial charge in [0, 0.05) is 18.0 Å². The summed E-state index contributed by atoms with van der Waals surface area (Å²) in [6.45, 7) is 0. The molecule has 0 fully saturated rings. The van der Waals surface area contributed by atoms with Crippen molar-refractivity contribution in [2.45, 2.75) is 6.18 Å². The number of aromatic nitrogens is 4. The van der Waals surface area contributed by atoms with E-state index in [1.54, 1.807) is 0 Å². The van der Waals surface area contributed by atoms with Crippen LogP contribution in [0.4, 0.5) is 13.2 Å². The molecule has 2 aromatic heterocycles. The van der Waals surface area contributed by atoms with E-state index in [9.17, 15) is 13.2 Å². The number of rotatable bonds is 1. The van der Waals surface area contributed by atoms with Crippen LogP contribution in [0.25, 0.3) is 17.0 Å². The van der Waals surface area contributed by atoms with Crippen molar-refractivity contribution in [1.82, 2.24) is 19.6 Å². The van der Waals surface area contributed by atoms with E-state index in [-0.39, 0.29) is 22.2 Å². The first kappa shape index (κ1) is 12.9. The summed E-state index contributed by atoms with van der Waals surface area (Å²) in [5.74, 6) is 0.0669. The summed E-state index contributed by atoms with van der Waals surface area (Å²) < 4.78 is 40.4. The van der Waals surface area contributed by atoms with Gasteiger partial charge in [0.2, 0.25) is 0 Å². The van der Waals surface area contributed by atoms with Crippen molar-refractivity contribution in [3.8, 4) is 11.4 Å². The van der Waals surface area contributed by atoms with E-state index >= 15 is 0 Å². The third-order valence-electron chi connectivity index (χ3n) is 2.76. The van der Waals surface area contributed by atoms with Gasteiger partial charge in [0.1, 0.15) is 0 Å². The Labute approximate surface area is 115 Å². The molecule has 0 aliphatic heterocycles. The zero-order valence-electron chi connectivity index (χ0n) is 9.76. The predicted molar refractivity (Wildman–Crippen MR) is 66.2 cm³/mol. The van der Waals surface area contributed by atoms with Gasteiger partial charge in [-0.1, -0.05) is 29.8 Å². The maximum atomic E-state index is 13.0. The van der Waals surface area contributed by atoms with Crippen molar-refractivity contribution < 1.29 is 13.2 Å². The van der Waals surface area contributed by atoms with E-state index in [4.69, 9.17) is 11.6 Å². The molecule has 0 unspecified atom stereocenters. The van der Waals surface area contributed by atoms with Crippen LogP contribution in [0.1, 0.15) is 5.56 Å². The smallest absolute Gasteiger partial charge is 0.278 e. The predicted octanol–water partition coefficient (Wildman–Crippen LogP) is 3.46. The molecule has 0 N–H and O–H groups in total. The van der Waals surface area contributed by atoms with E-state index < -0.39 is 11.7 Å². The van der Waals surface area contributed by atoms with Crippen molar-refractivity contribution >= 4 is 17.2 Å². The van der Waals surface area contributed by atoms with Crippen LogP contribution in [-0.4, -0.2) is 19.6 Å². The van der Waals surface area contributed by atoms with Gasteiger partial charge in [-0.05, 0) is 6.07 Å². The molecule has 20 heavy (non-hydrogen) atoms. The number of hydrogen-bond donors (Lipinski definition) is 0. The molecule has 0 aliphatic rings. The van der Waals surface area contributed by atoms with Gasteiger partial charge in [-0.15, -0.1) is 10.2 Å². The molecule has 2 heterocycles. The minimum absolute atomic E-state index is 0.0604. The molecule has 3 rings (SSSR count). The normalized spacial score (nSPS) is 12.0. The van der Waals surface area contributed by atoms with Crippen molar-refractivity contribution in [3.63, 3.8) is 0 Å². The second-order valence-electron chi connectivity index (χ2n) is 3.98. The molecule has 0 atom stereocenters. The van der Waals surface area contributed by atoms with Gasteiger partial charge in [-0.2, -0.15) is 13.2 Å². The lowest BCUT2D eigenvalue weighted by Crippen LogP contribution is -2.08. The van der Waals surface area contributed by atoms with E-state index in [0.29, 0.717) is 0 Å². The van der Waals surface area contributed by atoms with Gasteiger partial charge in [-0.3, -0.25) is 4.40 Å². The second-order valence-corrected chi connectivity index (χ2v) is 4.34. The monoisotopic (exact) mass is 298 g/mol. The molecule has 0 bridgehead atoms. The average Bonchev–Trinajstić information content (AvgIpc) is 2.83. The van der Waals surface area contributed by atoms with Gasteiger partial charge in [0.15, 0.2) is 16.6 Å². The molecule has 3 aromatic rings. The average molecular weight is 299 g/mol. The third kappa shape index (κ3) is 2.00. The Hall–Kier alpha value is -2.15. The van der Waals surface area contributed by atoms with Crippen molar-refractivity contribution in [3.05, 3.63) is 47.4 Å². The summed E-state index contributed by atoms with van der Waals surface area (Å²) >= 11 is 5.83.